The van der Waals surface area contributed by atoms with Crippen molar-refractivity contribution in [2.75, 3.05) is 13.2 Å². The molecule has 30 heavy (non-hydrogen) atoms. The summed E-state index contributed by atoms with van der Waals surface area (Å²) >= 11 is 0. The van der Waals surface area contributed by atoms with E-state index in [2.05, 4.69) is 0 Å². The number of esters is 1. The van der Waals surface area contributed by atoms with Crippen LogP contribution in [0.4, 0.5) is 0 Å². The summed E-state index contributed by atoms with van der Waals surface area (Å²) in [6.07, 6.45) is -6.90. The van der Waals surface area contributed by atoms with E-state index in [0.717, 1.165) is 0 Å². The first-order valence-electron chi connectivity index (χ1n) is 10.1. The van der Waals surface area contributed by atoms with Crippen molar-refractivity contribution in [1.82, 2.24) is 0 Å². The maximum absolute atomic E-state index is 12.6. The van der Waals surface area contributed by atoms with E-state index in [1.54, 1.807) is 13.8 Å². The highest BCUT2D eigenvalue weighted by molar-refractivity contribution is 5.96. The van der Waals surface area contributed by atoms with Crippen LogP contribution in [0.2, 0.25) is 0 Å². The highest BCUT2D eigenvalue weighted by atomic mass is 16.6. The molecule has 2 bridgehead atoms. The van der Waals surface area contributed by atoms with E-state index >= 15 is 0 Å². The molecule has 10 heteroatoms. The molecule has 0 aromatic carbocycles. The molecule has 1 spiro atoms. The van der Waals surface area contributed by atoms with E-state index in [-0.39, 0.29) is 13.0 Å². The first kappa shape index (κ1) is 20.5. The summed E-state index contributed by atoms with van der Waals surface area (Å²) in [7, 11) is 0. The maximum atomic E-state index is 12.6. The first-order chi connectivity index (χ1) is 13.9. The summed E-state index contributed by atoms with van der Waals surface area (Å²) < 4.78 is 11.2. The smallest absolute Gasteiger partial charge is 0.338 e. The predicted octanol–water partition coefficient (Wildman–Crippen LogP) is -2.98. The molecule has 166 valence electrons. The fraction of sp³-hybridized carbons (Fsp3) is 0.800. The van der Waals surface area contributed by atoms with Crippen LogP contribution in [0.3, 0.4) is 0 Å². The molecule has 2 saturated heterocycles. The second kappa shape index (κ2) is 5.69. The Hall–Kier alpha value is -1.40. The molecule has 2 saturated carbocycles. The Bertz CT molecular complexity index is 872. The van der Waals surface area contributed by atoms with E-state index in [4.69, 9.17) is 9.47 Å². The molecule has 5 aliphatic rings. The van der Waals surface area contributed by atoms with Gasteiger partial charge in [0.25, 0.3) is 0 Å². The van der Waals surface area contributed by atoms with Crippen LogP contribution in [-0.4, -0.2) is 97.3 Å². The van der Waals surface area contributed by atoms with E-state index in [9.17, 15) is 40.2 Å². The number of ketones is 1. The van der Waals surface area contributed by atoms with Gasteiger partial charge in [0.15, 0.2) is 17.5 Å². The van der Waals surface area contributed by atoms with Gasteiger partial charge in [0.05, 0.1) is 24.7 Å². The van der Waals surface area contributed by atoms with Crippen molar-refractivity contribution in [1.29, 1.82) is 0 Å². The van der Waals surface area contributed by atoms with Gasteiger partial charge in [-0.3, -0.25) is 4.79 Å². The Morgan fingerprint density at radius 3 is 2.47 bits per heavy atom. The van der Waals surface area contributed by atoms with Gasteiger partial charge < -0.3 is 40.1 Å². The zero-order valence-electron chi connectivity index (χ0n) is 16.6. The molecular weight excluding hydrogens is 400 g/mol. The Kier molecular flexibility index (Phi) is 3.89. The summed E-state index contributed by atoms with van der Waals surface area (Å²) in [6, 6.07) is 0. The zero-order chi connectivity index (χ0) is 22.0. The van der Waals surface area contributed by atoms with Crippen LogP contribution in [0.5, 0.6) is 0 Å². The lowest BCUT2D eigenvalue weighted by Crippen LogP contribution is -2.87. The Balaban J connectivity index is 1.83. The number of hydrogen-bond acceptors (Lipinski definition) is 10. The fourth-order valence-corrected chi connectivity index (χ4v) is 7.64. The van der Waals surface area contributed by atoms with Gasteiger partial charge in [-0.15, -0.1) is 0 Å². The molecule has 5 rings (SSSR count). The number of aliphatic hydroxyl groups excluding tert-OH is 5. The summed E-state index contributed by atoms with van der Waals surface area (Å²) in [5, 5.41) is 66.0. The largest absolute Gasteiger partial charge is 0.460 e. The normalized spacial score (nSPS) is 59.2. The Morgan fingerprint density at radius 2 is 1.83 bits per heavy atom. The van der Waals surface area contributed by atoms with E-state index in [0.29, 0.717) is 5.57 Å². The molecule has 6 N–H and O–H groups in total. The molecule has 0 aromatic rings. The lowest BCUT2D eigenvalue weighted by Gasteiger charge is -2.70. The van der Waals surface area contributed by atoms with Crippen molar-refractivity contribution in [3.63, 3.8) is 0 Å². The van der Waals surface area contributed by atoms with Crippen LogP contribution in [-0.2, 0) is 19.1 Å². The van der Waals surface area contributed by atoms with Crippen LogP contribution in [0.15, 0.2) is 11.6 Å². The molecule has 2 heterocycles. The van der Waals surface area contributed by atoms with Crippen LogP contribution >= 0.6 is 0 Å². The molecule has 0 unspecified atom stereocenters. The quantitative estimate of drug-likeness (QED) is 0.237. The maximum Gasteiger partial charge on any atom is 0.338 e. The highest BCUT2D eigenvalue weighted by Crippen LogP contribution is 2.73. The summed E-state index contributed by atoms with van der Waals surface area (Å²) in [5.41, 5.74) is -7.15. The SMILES string of the molecule is CC1=CC(=O)[C@H](O)[C@]2(C)[C@@H]1C[C@@H]1OC(=O)[C@H](O)[C@@]3(O)[C@@]14CO[C@@]3(CO)[C@H](O)[C@H](O)[C@H]24. The third-order valence-corrected chi connectivity index (χ3v) is 8.96. The minimum atomic E-state index is -2.51. The number of aliphatic hydroxyl groups is 6. The summed E-state index contributed by atoms with van der Waals surface area (Å²) in [6.45, 7) is 1.96. The second-order valence-corrected chi connectivity index (χ2v) is 9.73. The monoisotopic (exact) mass is 426 g/mol. The van der Waals surface area contributed by atoms with Gasteiger partial charge in [0, 0.05) is 11.3 Å². The van der Waals surface area contributed by atoms with Crippen molar-refractivity contribution < 1.29 is 49.7 Å². The third-order valence-electron chi connectivity index (χ3n) is 8.96. The van der Waals surface area contributed by atoms with Crippen LogP contribution in [0.25, 0.3) is 0 Å². The molecular formula is C20H26O10. The first-order valence-corrected chi connectivity index (χ1v) is 10.1. The average Bonchev–Trinajstić information content (AvgIpc) is 2.91. The van der Waals surface area contributed by atoms with Crippen LogP contribution in [0.1, 0.15) is 20.3 Å². The molecule has 0 amide bonds. The van der Waals surface area contributed by atoms with Gasteiger partial charge in [-0.2, -0.15) is 0 Å². The lowest BCUT2D eigenvalue weighted by molar-refractivity contribution is -0.357. The van der Waals surface area contributed by atoms with Gasteiger partial charge in [-0.25, -0.2) is 4.79 Å². The number of fused-ring (bicyclic) bond motifs is 2. The zero-order valence-corrected chi connectivity index (χ0v) is 16.6. The third kappa shape index (κ3) is 1.72. The number of rotatable bonds is 1. The van der Waals surface area contributed by atoms with Crippen molar-refractivity contribution in [2.24, 2.45) is 22.7 Å². The minimum absolute atomic E-state index is 0.105. The van der Waals surface area contributed by atoms with Crippen molar-refractivity contribution in [3.8, 4) is 0 Å². The fourth-order valence-electron chi connectivity index (χ4n) is 7.64. The summed E-state index contributed by atoms with van der Waals surface area (Å²) in [4.78, 5) is 25.1. The Labute approximate surface area is 171 Å². The minimum Gasteiger partial charge on any atom is -0.460 e. The van der Waals surface area contributed by atoms with Gasteiger partial charge in [-0.05, 0) is 25.3 Å². The second-order valence-electron chi connectivity index (χ2n) is 9.73. The van der Waals surface area contributed by atoms with Gasteiger partial charge in [0.2, 0.25) is 0 Å². The van der Waals surface area contributed by atoms with Crippen molar-refractivity contribution in [2.45, 2.75) is 62.0 Å². The van der Waals surface area contributed by atoms with E-state index < -0.39 is 82.7 Å². The molecule has 0 aromatic heterocycles. The molecule has 4 fully saturated rings. The number of carbonyl (C=O) groups excluding carboxylic acids is 2. The van der Waals surface area contributed by atoms with Crippen molar-refractivity contribution in [3.05, 3.63) is 11.6 Å². The molecule has 3 aliphatic carbocycles. The Morgan fingerprint density at radius 1 is 1.17 bits per heavy atom. The average molecular weight is 426 g/mol. The molecule has 0 radical (unpaired) electrons. The molecule has 2 aliphatic heterocycles. The number of hydrogen-bond donors (Lipinski definition) is 6. The van der Waals surface area contributed by atoms with Crippen molar-refractivity contribution >= 4 is 11.8 Å². The molecule has 11 atom stereocenters. The molecule has 10 nitrogen and oxygen atoms in total. The van der Waals surface area contributed by atoms with Gasteiger partial charge in [0.1, 0.15) is 23.9 Å². The topological polar surface area (TPSA) is 174 Å². The summed E-state index contributed by atoms with van der Waals surface area (Å²) in [5.74, 6) is -3.40. The van der Waals surface area contributed by atoms with E-state index in [1.165, 1.54) is 6.08 Å². The van der Waals surface area contributed by atoms with Gasteiger partial charge >= 0.3 is 5.97 Å². The predicted molar refractivity (Wildman–Crippen MR) is 95.5 cm³/mol. The van der Waals surface area contributed by atoms with Gasteiger partial charge in [-0.1, -0.05) is 12.5 Å². The highest BCUT2D eigenvalue weighted by Gasteiger charge is 2.89. The lowest BCUT2D eigenvalue weighted by atomic mass is 9.36. The standard InChI is InChI=1S/C20H26O10/c1-7-3-9(22)13(24)17(2)8(7)4-10-18-6-29-19(5-21,14(25)11(23)12(17)18)20(18,28)15(26)16(27)30-10/h3,8,10-15,21,23-26,28H,4-6H2,1-2H3/t8-,10+,11-,12-,13+,14-,15+,17-,18+,19+,20-/m1/s1. The van der Waals surface area contributed by atoms with Crippen LogP contribution in [0, 0.1) is 22.7 Å². The number of carbonyl (C=O) groups is 2. The van der Waals surface area contributed by atoms with E-state index in [1.807, 2.05) is 0 Å². The number of allylic oxidation sites excluding steroid dienone is 1. The van der Waals surface area contributed by atoms with Crippen LogP contribution < -0.4 is 0 Å². The number of ether oxygens (including phenoxy) is 2.